The van der Waals surface area contributed by atoms with Crippen molar-refractivity contribution in [2.45, 2.75) is 14.8 Å². The standard InChI is InChI=1S/C20H12F2N2S2/c21-19-17(13-24)14(12-23)11-18(25-15-7-3-1-4-8-15)20(19,22)26-16-9-5-2-6-10-16/h1-11,14H. The van der Waals surface area contributed by atoms with Crippen molar-refractivity contribution in [1.82, 2.24) is 0 Å². The smallest absolute Gasteiger partial charge is 0.218 e. The van der Waals surface area contributed by atoms with Gasteiger partial charge in [0, 0.05) is 14.7 Å². The highest BCUT2D eigenvalue weighted by molar-refractivity contribution is 8.06. The molecule has 2 aromatic rings. The quantitative estimate of drug-likeness (QED) is 0.648. The van der Waals surface area contributed by atoms with E-state index in [-0.39, 0.29) is 4.91 Å². The van der Waals surface area contributed by atoms with Crippen molar-refractivity contribution in [3.63, 3.8) is 0 Å². The Bertz CT molecular complexity index is 943. The lowest BCUT2D eigenvalue weighted by atomic mass is 9.93. The van der Waals surface area contributed by atoms with Gasteiger partial charge in [0.15, 0.2) is 5.83 Å². The molecular formula is C20H12F2N2S2. The average Bonchev–Trinajstić information content (AvgIpc) is 2.67. The summed E-state index contributed by atoms with van der Waals surface area (Å²) < 4.78 is 31.0. The van der Waals surface area contributed by atoms with E-state index in [0.29, 0.717) is 16.7 Å². The van der Waals surface area contributed by atoms with Crippen LogP contribution in [0.2, 0.25) is 0 Å². The Morgan fingerprint density at radius 1 is 0.923 bits per heavy atom. The number of hydrogen-bond donors (Lipinski definition) is 0. The van der Waals surface area contributed by atoms with E-state index in [1.807, 2.05) is 12.1 Å². The maximum Gasteiger partial charge on any atom is 0.243 e. The van der Waals surface area contributed by atoms with E-state index in [1.54, 1.807) is 60.7 Å². The van der Waals surface area contributed by atoms with Crippen LogP contribution >= 0.6 is 23.5 Å². The molecule has 0 N–H and O–H groups in total. The van der Waals surface area contributed by atoms with Crippen molar-refractivity contribution in [2.24, 2.45) is 5.92 Å². The number of hydrogen-bond acceptors (Lipinski definition) is 4. The predicted octanol–water partition coefficient (Wildman–Crippen LogP) is 6.02. The minimum atomic E-state index is -2.56. The van der Waals surface area contributed by atoms with Crippen molar-refractivity contribution >= 4 is 23.5 Å². The molecule has 0 aliphatic heterocycles. The van der Waals surface area contributed by atoms with Crippen molar-refractivity contribution in [2.75, 3.05) is 0 Å². The number of nitriles is 2. The molecule has 6 heteroatoms. The predicted molar refractivity (Wildman–Crippen MR) is 99.4 cm³/mol. The lowest BCUT2D eigenvalue weighted by Crippen LogP contribution is -2.27. The first-order valence-corrected chi connectivity index (χ1v) is 9.30. The van der Waals surface area contributed by atoms with Gasteiger partial charge in [-0.25, -0.2) is 8.78 Å². The molecule has 0 amide bonds. The fourth-order valence-electron chi connectivity index (χ4n) is 2.44. The minimum absolute atomic E-state index is 0.0561. The summed E-state index contributed by atoms with van der Waals surface area (Å²) in [6, 6.07) is 21.1. The molecule has 0 fully saturated rings. The number of alkyl halides is 1. The second-order valence-corrected chi connectivity index (χ2v) is 7.76. The summed E-state index contributed by atoms with van der Waals surface area (Å²) in [6.07, 6.45) is 1.34. The molecule has 0 aromatic heterocycles. The van der Waals surface area contributed by atoms with Crippen LogP contribution in [0.1, 0.15) is 0 Å². The van der Waals surface area contributed by atoms with Crippen LogP contribution < -0.4 is 0 Å². The van der Waals surface area contributed by atoms with Crippen molar-refractivity contribution in [1.29, 1.82) is 10.5 Å². The van der Waals surface area contributed by atoms with Gasteiger partial charge in [-0.3, -0.25) is 0 Å². The Kier molecular flexibility index (Phi) is 5.46. The number of nitrogens with zero attached hydrogens (tertiary/aromatic N) is 2. The van der Waals surface area contributed by atoms with Crippen LogP contribution in [0.3, 0.4) is 0 Å². The van der Waals surface area contributed by atoms with Crippen LogP contribution in [0, 0.1) is 28.6 Å². The average molecular weight is 382 g/mol. The third-order valence-electron chi connectivity index (χ3n) is 3.70. The Hall–Kier alpha value is -2.54. The van der Waals surface area contributed by atoms with Gasteiger partial charge in [0.2, 0.25) is 5.00 Å². The number of allylic oxidation sites excluding steroid dienone is 2. The molecule has 3 rings (SSSR count). The number of benzene rings is 2. The summed E-state index contributed by atoms with van der Waals surface area (Å²) in [7, 11) is 0. The topological polar surface area (TPSA) is 47.6 Å². The lowest BCUT2D eigenvalue weighted by molar-refractivity contribution is 0.329. The summed E-state index contributed by atoms with van der Waals surface area (Å²) >= 11 is 1.74. The third-order valence-corrected chi connectivity index (χ3v) is 6.16. The van der Waals surface area contributed by atoms with Gasteiger partial charge in [0.1, 0.15) is 5.92 Å². The molecule has 1 aliphatic rings. The summed E-state index contributed by atoms with van der Waals surface area (Å²) in [6.45, 7) is 0. The molecule has 2 aromatic carbocycles. The highest BCUT2D eigenvalue weighted by Gasteiger charge is 2.47. The molecule has 0 saturated heterocycles. The van der Waals surface area contributed by atoms with Gasteiger partial charge < -0.3 is 0 Å². The number of halogens is 2. The van der Waals surface area contributed by atoms with Crippen LogP contribution in [0.4, 0.5) is 8.78 Å². The zero-order chi connectivity index (χ0) is 18.6. The molecule has 2 atom stereocenters. The second kappa shape index (κ2) is 7.78. The Balaban J connectivity index is 2.07. The summed E-state index contributed by atoms with van der Waals surface area (Å²) in [5.41, 5.74) is -0.476. The van der Waals surface area contributed by atoms with Gasteiger partial charge in [-0.05, 0) is 30.3 Å². The SMILES string of the molecule is N#CC1=C(F)C(F)(Sc2ccccc2)C(Sc2ccccc2)=CC1C#N. The molecule has 2 nitrogen and oxygen atoms in total. The molecule has 0 saturated carbocycles. The molecule has 0 bridgehead atoms. The largest absolute Gasteiger partial charge is 0.243 e. The van der Waals surface area contributed by atoms with E-state index in [2.05, 4.69) is 0 Å². The normalized spacial score (nSPS) is 22.3. The molecule has 2 unspecified atom stereocenters. The Morgan fingerprint density at radius 3 is 2.04 bits per heavy atom. The van der Waals surface area contributed by atoms with Gasteiger partial charge in [-0.2, -0.15) is 10.5 Å². The molecule has 0 heterocycles. The molecule has 26 heavy (non-hydrogen) atoms. The van der Waals surface area contributed by atoms with Crippen LogP contribution in [0.25, 0.3) is 0 Å². The molecular weight excluding hydrogens is 370 g/mol. The van der Waals surface area contributed by atoms with E-state index >= 15 is 8.78 Å². The maximum atomic E-state index is 15.9. The number of thioether (sulfide) groups is 2. The summed E-state index contributed by atoms with van der Waals surface area (Å²) in [5.74, 6) is -2.31. The van der Waals surface area contributed by atoms with Crippen LogP contribution in [0.5, 0.6) is 0 Å². The van der Waals surface area contributed by atoms with Crippen LogP contribution in [-0.4, -0.2) is 5.00 Å². The van der Waals surface area contributed by atoms with Gasteiger partial charge in [-0.15, -0.1) is 0 Å². The van der Waals surface area contributed by atoms with E-state index in [9.17, 15) is 10.5 Å². The van der Waals surface area contributed by atoms with E-state index in [0.717, 1.165) is 16.7 Å². The molecule has 0 spiro atoms. The van der Waals surface area contributed by atoms with E-state index in [4.69, 9.17) is 0 Å². The zero-order valence-electron chi connectivity index (χ0n) is 13.4. The highest BCUT2D eigenvalue weighted by Crippen LogP contribution is 2.55. The Morgan fingerprint density at radius 2 is 1.50 bits per heavy atom. The van der Waals surface area contributed by atoms with Crippen LogP contribution in [-0.2, 0) is 0 Å². The van der Waals surface area contributed by atoms with E-state index in [1.165, 1.54) is 6.08 Å². The first kappa shape index (κ1) is 18.3. The van der Waals surface area contributed by atoms with Crippen molar-refractivity contribution in [3.8, 4) is 12.1 Å². The van der Waals surface area contributed by atoms with E-state index < -0.39 is 22.3 Å². The maximum absolute atomic E-state index is 15.9. The van der Waals surface area contributed by atoms with Gasteiger partial charge in [0.05, 0.1) is 17.7 Å². The van der Waals surface area contributed by atoms with Gasteiger partial charge in [0.25, 0.3) is 0 Å². The Labute approximate surface area is 158 Å². The lowest BCUT2D eigenvalue weighted by Gasteiger charge is -2.30. The monoisotopic (exact) mass is 382 g/mol. The zero-order valence-corrected chi connectivity index (χ0v) is 15.0. The number of rotatable bonds is 4. The molecule has 0 radical (unpaired) electrons. The highest BCUT2D eigenvalue weighted by atomic mass is 32.2. The first-order chi connectivity index (χ1) is 12.6. The summed E-state index contributed by atoms with van der Waals surface area (Å²) in [5, 5.41) is 15.9. The minimum Gasteiger partial charge on any atom is -0.218 e. The van der Waals surface area contributed by atoms with Crippen molar-refractivity contribution < 1.29 is 8.78 Å². The summed E-state index contributed by atoms with van der Waals surface area (Å²) in [4.78, 5) is 1.30. The fraction of sp³-hybridized carbons (Fsp3) is 0.100. The van der Waals surface area contributed by atoms with Crippen molar-refractivity contribution in [3.05, 3.63) is 83.0 Å². The molecule has 128 valence electrons. The third kappa shape index (κ3) is 3.53. The fourth-order valence-corrected chi connectivity index (χ4v) is 4.65. The van der Waals surface area contributed by atoms with Gasteiger partial charge in [-0.1, -0.05) is 59.9 Å². The second-order valence-electron chi connectivity index (χ2n) is 5.40. The van der Waals surface area contributed by atoms with Gasteiger partial charge >= 0.3 is 0 Å². The van der Waals surface area contributed by atoms with Crippen LogP contribution in [0.15, 0.2) is 92.8 Å². The first-order valence-electron chi connectivity index (χ1n) is 7.66. The molecule has 1 aliphatic carbocycles.